The lowest BCUT2D eigenvalue weighted by Crippen LogP contribution is -2.41. The van der Waals surface area contributed by atoms with Crippen LogP contribution in [0.3, 0.4) is 0 Å². The Labute approximate surface area is 105 Å². The molecular formula is C14H26N2O. The molecule has 2 unspecified atom stereocenters. The Morgan fingerprint density at radius 1 is 1.29 bits per heavy atom. The minimum Gasteiger partial charge on any atom is -0.326 e. The van der Waals surface area contributed by atoms with Crippen LogP contribution >= 0.6 is 0 Å². The van der Waals surface area contributed by atoms with E-state index in [-0.39, 0.29) is 6.03 Å². The molecule has 2 fully saturated rings. The molecule has 1 aliphatic heterocycles. The maximum atomic E-state index is 12.0. The van der Waals surface area contributed by atoms with Crippen LogP contribution in [0.5, 0.6) is 0 Å². The molecule has 17 heavy (non-hydrogen) atoms. The third-order valence-corrected chi connectivity index (χ3v) is 4.25. The van der Waals surface area contributed by atoms with Crippen molar-refractivity contribution in [2.45, 2.75) is 52.0 Å². The van der Waals surface area contributed by atoms with E-state index in [4.69, 9.17) is 0 Å². The number of amides is 2. The van der Waals surface area contributed by atoms with Gasteiger partial charge in [-0.3, -0.25) is 0 Å². The standard InChI is InChI=1S/C14H26N2O/c1-11(2)9-12-5-4-6-13(10-12)16-8-7-15(3)14(16)17/h11-13H,4-10H2,1-3H3. The van der Waals surface area contributed by atoms with E-state index in [0.717, 1.165) is 24.9 Å². The second-order valence-corrected chi connectivity index (χ2v) is 6.21. The molecule has 1 saturated carbocycles. The van der Waals surface area contributed by atoms with Gasteiger partial charge in [0.1, 0.15) is 0 Å². The third-order valence-electron chi connectivity index (χ3n) is 4.25. The lowest BCUT2D eigenvalue weighted by Gasteiger charge is -2.35. The van der Waals surface area contributed by atoms with Crippen LogP contribution in [-0.2, 0) is 0 Å². The van der Waals surface area contributed by atoms with Crippen molar-refractivity contribution in [3.8, 4) is 0 Å². The summed E-state index contributed by atoms with van der Waals surface area (Å²) in [6.45, 7) is 6.45. The Bertz CT molecular complexity index is 277. The average Bonchev–Trinajstić information content (AvgIpc) is 2.59. The number of carbonyl (C=O) groups excluding carboxylic acids is 1. The van der Waals surface area contributed by atoms with Crippen molar-refractivity contribution in [1.29, 1.82) is 0 Å². The van der Waals surface area contributed by atoms with Crippen LogP contribution in [0.4, 0.5) is 4.79 Å². The van der Waals surface area contributed by atoms with Crippen LogP contribution in [0.15, 0.2) is 0 Å². The van der Waals surface area contributed by atoms with Crippen molar-refractivity contribution in [2.75, 3.05) is 20.1 Å². The molecule has 3 heteroatoms. The van der Waals surface area contributed by atoms with Crippen molar-refractivity contribution >= 4 is 6.03 Å². The van der Waals surface area contributed by atoms with Crippen LogP contribution in [0.2, 0.25) is 0 Å². The molecule has 0 N–H and O–H groups in total. The van der Waals surface area contributed by atoms with Crippen molar-refractivity contribution < 1.29 is 4.79 Å². The summed E-state index contributed by atoms with van der Waals surface area (Å²) in [5, 5.41) is 0. The van der Waals surface area contributed by atoms with Crippen LogP contribution < -0.4 is 0 Å². The third kappa shape index (κ3) is 2.93. The van der Waals surface area contributed by atoms with Gasteiger partial charge in [0.15, 0.2) is 0 Å². The molecule has 2 rings (SSSR count). The van der Waals surface area contributed by atoms with Gasteiger partial charge in [-0.05, 0) is 31.1 Å². The van der Waals surface area contributed by atoms with Crippen LogP contribution in [0, 0.1) is 11.8 Å². The zero-order chi connectivity index (χ0) is 12.4. The van der Waals surface area contributed by atoms with Gasteiger partial charge >= 0.3 is 6.03 Å². The van der Waals surface area contributed by atoms with Gasteiger partial charge < -0.3 is 9.80 Å². The highest BCUT2D eigenvalue weighted by Gasteiger charge is 2.34. The number of hydrogen-bond donors (Lipinski definition) is 0. The monoisotopic (exact) mass is 238 g/mol. The van der Waals surface area contributed by atoms with Gasteiger partial charge in [0, 0.05) is 26.2 Å². The first-order valence-corrected chi connectivity index (χ1v) is 7.09. The van der Waals surface area contributed by atoms with E-state index in [1.807, 2.05) is 11.9 Å². The molecule has 98 valence electrons. The summed E-state index contributed by atoms with van der Waals surface area (Å²) >= 11 is 0. The molecule has 2 amide bonds. The average molecular weight is 238 g/mol. The molecule has 3 nitrogen and oxygen atoms in total. The minimum atomic E-state index is 0.250. The molecular weight excluding hydrogens is 212 g/mol. The van der Waals surface area contributed by atoms with Crippen LogP contribution in [0.25, 0.3) is 0 Å². The lowest BCUT2D eigenvalue weighted by atomic mass is 9.80. The predicted molar refractivity (Wildman–Crippen MR) is 69.9 cm³/mol. The van der Waals surface area contributed by atoms with E-state index in [1.54, 1.807) is 0 Å². The second kappa shape index (κ2) is 5.28. The molecule has 1 aliphatic carbocycles. The van der Waals surface area contributed by atoms with Crippen LogP contribution in [-0.4, -0.2) is 42.0 Å². The molecule has 2 aliphatic rings. The van der Waals surface area contributed by atoms with E-state index in [1.165, 1.54) is 32.1 Å². The SMILES string of the molecule is CC(C)CC1CCCC(N2CCN(C)C2=O)C1. The van der Waals surface area contributed by atoms with Gasteiger partial charge in [-0.2, -0.15) is 0 Å². The number of nitrogens with zero attached hydrogens (tertiary/aromatic N) is 2. The zero-order valence-corrected chi connectivity index (χ0v) is 11.5. The Morgan fingerprint density at radius 3 is 2.65 bits per heavy atom. The van der Waals surface area contributed by atoms with Gasteiger partial charge in [0.25, 0.3) is 0 Å². The van der Waals surface area contributed by atoms with Crippen LogP contribution in [0.1, 0.15) is 46.0 Å². The minimum absolute atomic E-state index is 0.250. The topological polar surface area (TPSA) is 23.6 Å². The molecule has 0 aromatic heterocycles. The number of likely N-dealkylation sites (N-methyl/N-ethyl adjacent to an activating group) is 1. The van der Waals surface area contributed by atoms with Crippen molar-refractivity contribution in [3.05, 3.63) is 0 Å². The summed E-state index contributed by atoms with van der Waals surface area (Å²) in [6.07, 6.45) is 6.45. The highest BCUT2D eigenvalue weighted by molar-refractivity contribution is 5.76. The van der Waals surface area contributed by atoms with E-state index >= 15 is 0 Å². The summed E-state index contributed by atoms with van der Waals surface area (Å²) in [6, 6.07) is 0.769. The fourth-order valence-electron chi connectivity index (χ4n) is 3.43. The summed E-state index contributed by atoms with van der Waals surface area (Å²) in [4.78, 5) is 16.0. The van der Waals surface area contributed by atoms with Gasteiger partial charge in [-0.25, -0.2) is 4.79 Å². The van der Waals surface area contributed by atoms with Crippen molar-refractivity contribution in [3.63, 3.8) is 0 Å². The summed E-state index contributed by atoms with van der Waals surface area (Å²) in [5.41, 5.74) is 0. The number of rotatable bonds is 3. The zero-order valence-electron chi connectivity index (χ0n) is 11.5. The molecule has 1 heterocycles. The van der Waals surface area contributed by atoms with Gasteiger partial charge in [0.05, 0.1) is 0 Å². The molecule has 2 atom stereocenters. The predicted octanol–water partition coefficient (Wildman–Crippen LogP) is 2.96. The highest BCUT2D eigenvalue weighted by atomic mass is 16.2. The Kier molecular flexibility index (Phi) is 3.95. The first-order valence-electron chi connectivity index (χ1n) is 7.09. The van der Waals surface area contributed by atoms with E-state index in [0.29, 0.717) is 6.04 Å². The molecule has 0 aromatic rings. The molecule has 0 spiro atoms. The lowest BCUT2D eigenvalue weighted by molar-refractivity contribution is 0.145. The molecule has 0 radical (unpaired) electrons. The highest BCUT2D eigenvalue weighted by Crippen LogP contribution is 2.33. The summed E-state index contributed by atoms with van der Waals surface area (Å²) < 4.78 is 0. The maximum absolute atomic E-state index is 12.0. The largest absolute Gasteiger partial charge is 0.326 e. The molecule has 0 bridgehead atoms. The van der Waals surface area contributed by atoms with Gasteiger partial charge in [-0.1, -0.05) is 26.7 Å². The van der Waals surface area contributed by atoms with E-state index in [2.05, 4.69) is 18.7 Å². The van der Waals surface area contributed by atoms with Crippen molar-refractivity contribution in [2.24, 2.45) is 11.8 Å². The number of urea groups is 1. The van der Waals surface area contributed by atoms with E-state index < -0.39 is 0 Å². The fourth-order valence-corrected chi connectivity index (χ4v) is 3.43. The second-order valence-electron chi connectivity index (χ2n) is 6.21. The smallest absolute Gasteiger partial charge is 0.320 e. The number of carbonyl (C=O) groups is 1. The van der Waals surface area contributed by atoms with Gasteiger partial charge in [-0.15, -0.1) is 0 Å². The first-order chi connectivity index (χ1) is 8.08. The molecule has 0 aromatic carbocycles. The normalized spacial score (nSPS) is 30.5. The number of hydrogen-bond acceptors (Lipinski definition) is 1. The maximum Gasteiger partial charge on any atom is 0.320 e. The molecule has 1 saturated heterocycles. The fraction of sp³-hybridized carbons (Fsp3) is 0.929. The Morgan fingerprint density at radius 2 is 2.06 bits per heavy atom. The Hall–Kier alpha value is -0.730. The summed E-state index contributed by atoms with van der Waals surface area (Å²) in [7, 11) is 1.91. The van der Waals surface area contributed by atoms with Gasteiger partial charge in [0.2, 0.25) is 0 Å². The Balaban J connectivity index is 1.91. The van der Waals surface area contributed by atoms with Crippen molar-refractivity contribution in [1.82, 2.24) is 9.80 Å². The summed E-state index contributed by atoms with van der Waals surface area (Å²) in [5.74, 6) is 1.63. The van der Waals surface area contributed by atoms with E-state index in [9.17, 15) is 4.79 Å². The quantitative estimate of drug-likeness (QED) is 0.741. The first kappa shape index (κ1) is 12.7.